The standard InChI is InChI=1S/C24H28N6O2/c1-15-14-22(26-18(4)25-15)24(32)29-11-9-19(10-12-29)23(31)27-20-5-7-21(8-6-20)30-17(3)13-16(2)28-30/h5-8,13-14,19H,9-12H2,1-4H3,(H,27,31). The summed E-state index contributed by atoms with van der Waals surface area (Å²) in [6.07, 6.45) is 1.26. The van der Waals surface area contributed by atoms with E-state index in [1.807, 2.05) is 55.8 Å². The Bertz CT molecular complexity index is 1120. The van der Waals surface area contributed by atoms with Crippen molar-refractivity contribution in [2.75, 3.05) is 18.4 Å². The maximum Gasteiger partial charge on any atom is 0.272 e. The van der Waals surface area contributed by atoms with Crippen LogP contribution in [0.5, 0.6) is 0 Å². The van der Waals surface area contributed by atoms with E-state index in [0.29, 0.717) is 37.4 Å². The minimum Gasteiger partial charge on any atom is -0.337 e. The molecule has 8 nitrogen and oxygen atoms in total. The Morgan fingerprint density at radius 2 is 1.62 bits per heavy atom. The Balaban J connectivity index is 1.33. The Hall–Kier alpha value is -3.55. The highest BCUT2D eigenvalue weighted by molar-refractivity contribution is 5.94. The number of hydrogen-bond donors (Lipinski definition) is 1. The third-order valence-electron chi connectivity index (χ3n) is 5.73. The molecule has 1 aromatic carbocycles. The lowest BCUT2D eigenvalue weighted by molar-refractivity contribution is -0.121. The van der Waals surface area contributed by atoms with Crippen molar-refractivity contribution < 1.29 is 9.59 Å². The summed E-state index contributed by atoms with van der Waals surface area (Å²) in [5, 5.41) is 7.49. The second kappa shape index (κ2) is 8.90. The van der Waals surface area contributed by atoms with Crippen LogP contribution in [0, 0.1) is 33.6 Å². The van der Waals surface area contributed by atoms with Gasteiger partial charge in [-0.2, -0.15) is 5.10 Å². The molecule has 3 heterocycles. The number of carbonyl (C=O) groups excluding carboxylic acids is 2. The number of benzene rings is 1. The summed E-state index contributed by atoms with van der Waals surface area (Å²) in [6, 6.07) is 11.4. The minimum absolute atomic E-state index is 0.00955. The molecule has 32 heavy (non-hydrogen) atoms. The van der Waals surface area contributed by atoms with Gasteiger partial charge in [0.15, 0.2) is 0 Å². The maximum atomic E-state index is 12.8. The van der Waals surface area contributed by atoms with E-state index in [4.69, 9.17) is 0 Å². The van der Waals surface area contributed by atoms with Crippen LogP contribution in [0.15, 0.2) is 36.4 Å². The molecule has 0 unspecified atom stereocenters. The van der Waals surface area contributed by atoms with Crippen molar-refractivity contribution in [2.24, 2.45) is 5.92 Å². The van der Waals surface area contributed by atoms with E-state index in [2.05, 4.69) is 20.4 Å². The first-order valence-corrected chi connectivity index (χ1v) is 10.9. The van der Waals surface area contributed by atoms with Crippen LogP contribution in [0.25, 0.3) is 5.69 Å². The lowest BCUT2D eigenvalue weighted by atomic mass is 9.95. The third kappa shape index (κ3) is 4.69. The first kappa shape index (κ1) is 21.7. The summed E-state index contributed by atoms with van der Waals surface area (Å²) in [4.78, 5) is 35.8. The van der Waals surface area contributed by atoms with Crippen molar-refractivity contribution in [3.63, 3.8) is 0 Å². The van der Waals surface area contributed by atoms with Crippen LogP contribution in [-0.2, 0) is 4.79 Å². The number of aryl methyl sites for hydroxylation is 4. The van der Waals surface area contributed by atoms with Crippen LogP contribution in [0.1, 0.15) is 46.2 Å². The molecule has 0 atom stereocenters. The molecule has 2 aromatic heterocycles. The van der Waals surface area contributed by atoms with Gasteiger partial charge in [0.1, 0.15) is 11.5 Å². The van der Waals surface area contributed by atoms with Crippen molar-refractivity contribution in [1.82, 2.24) is 24.6 Å². The van der Waals surface area contributed by atoms with E-state index in [1.165, 1.54) is 0 Å². The fraction of sp³-hybridized carbons (Fsp3) is 0.375. The molecule has 1 aliphatic heterocycles. The summed E-state index contributed by atoms with van der Waals surface area (Å²) in [5.74, 6) is 0.358. The highest BCUT2D eigenvalue weighted by Gasteiger charge is 2.28. The van der Waals surface area contributed by atoms with Crippen molar-refractivity contribution >= 4 is 17.5 Å². The molecule has 3 aromatic rings. The summed E-state index contributed by atoms with van der Waals surface area (Å²) >= 11 is 0. The number of anilines is 1. The molecule has 1 aliphatic rings. The Kier molecular flexibility index (Phi) is 6.03. The molecule has 0 radical (unpaired) electrons. The van der Waals surface area contributed by atoms with Gasteiger partial charge < -0.3 is 10.2 Å². The van der Waals surface area contributed by atoms with E-state index in [1.54, 1.807) is 17.9 Å². The molecule has 1 saturated heterocycles. The predicted molar refractivity (Wildman–Crippen MR) is 122 cm³/mol. The van der Waals surface area contributed by atoms with Gasteiger partial charge >= 0.3 is 0 Å². The van der Waals surface area contributed by atoms with E-state index < -0.39 is 0 Å². The number of amides is 2. The van der Waals surface area contributed by atoms with Crippen LogP contribution in [-0.4, -0.2) is 49.6 Å². The molecule has 2 amide bonds. The summed E-state index contributed by atoms with van der Waals surface area (Å²) in [7, 11) is 0. The molecule has 0 spiro atoms. The fourth-order valence-corrected chi connectivity index (χ4v) is 4.15. The molecule has 166 valence electrons. The quantitative estimate of drug-likeness (QED) is 0.682. The van der Waals surface area contributed by atoms with Gasteiger partial charge in [0.05, 0.1) is 11.4 Å². The number of aromatic nitrogens is 4. The second-order valence-electron chi connectivity index (χ2n) is 8.38. The summed E-state index contributed by atoms with van der Waals surface area (Å²) in [5.41, 5.74) is 4.93. The van der Waals surface area contributed by atoms with Gasteiger partial charge in [-0.05, 0) is 76.9 Å². The molecule has 0 bridgehead atoms. The summed E-state index contributed by atoms with van der Waals surface area (Å²) < 4.78 is 1.88. The van der Waals surface area contributed by atoms with Gasteiger partial charge in [-0.3, -0.25) is 9.59 Å². The van der Waals surface area contributed by atoms with Crippen molar-refractivity contribution in [1.29, 1.82) is 0 Å². The van der Waals surface area contributed by atoms with Crippen molar-refractivity contribution in [2.45, 2.75) is 40.5 Å². The van der Waals surface area contributed by atoms with Crippen LogP contribution < -0.4 is 5.32 Å². The number of rotatable bonds is 4. The number of nitrogens with zero attached hydrogens (tertiary/aromatic N) is 5. The number of hydrogen-bond acceptors (Lipinski definition) is 5. The van der Waals surface area contributed by atoms with Crippen LogP contribution in [0.2, 0.25) is 0 Å². The third-order valence-corrected chi connectivity index (χ3v) is 5.73. The van der Waals surface area contributed by atoms with Crippen molar-refractivity contribution in [3.05, 3.63) is 65.0 Å². The zero-order chi connectivity index (χ0) is 22.8. The van der Waals surface area contributed by atoms with E-state index >= 15 is 0 Å². The van der Waals surface area contributed by atoms with Crippen LogP contribution in [0.3, 0.4) is 0 Å². The molecule has 8 heteroatoms. The number of nitrogens with one attached hydrogen (secondary N) is 1. The molecule has 0 aliphatic carbocycles. The van der Waals surface area contributed by atoms with Gasteiger partial charge in [-0.15, -0.1) is 0 Å². The molecule has 0 saturated carbocycles. The SMILES string of the molecule is Cc1cc(C(=O)N2CCC(C(=O)Nc3ccc(-n4nc(C)cc4C)cc3)CC2)nc(C)n1. The molecular formula is C24H28N6O2. The van der Waals surface area contributed by atoms with Gasteiger partial charge in [-0.1, -0.05) is 0 Å². The second-order valence-corrected chi connectivity index (χ2v) is 8.38. The first-order valence-electron chi connectivity index (χ1n) is 10.9. The van der Waals surface area contributed by atoms with E-state index in [9.17, 15) is 9.59 Å². The highest BCUT2D eigenvalue weighted by Crippen LogP contribution is 2.22. The zero-order valence-electron chi connectivity index (χ0n) is 18.9. The average molecular weight is 433 g/mol. The lowest BCUT2D eigenvalue weighted by Crippen LogP contribution is -2.41. The molecule has 1 N–H and O–H groups in total. The predicted octanol–water partition coefficient (Wildman–Crippen LogP) is 3.39. The van der Waals surface area contributed by atoms with Crippen LogP contribution >= 0.6 is 0 Å². The lowest BCUT2D eigenvalue weighted by Gasteiger charge is -2.31. The monoisotopic (exact) mass is 432 g/mol. The van der Waals surface area contributed by atoms with Gasteiger partial charge in [0.25, 0.3) is 5.91 Å². The minimum atomic E-state index is -0.122. The Labute approximate surface area is 187 Å². The highest BCUT2D eigenvalue weighted by atomic mass is 16.2. The topological polar surface area (TPSA) is 93.0 Å². The first-order chi connectivity index (χ1) is 15.3. The van der Waals surface area contributed by atoms with Gasteiger partial charge in [0.2, 0.25) is 5.91 Å². The average Bonchev–Trinajstić information content (AvgIpc) is 3.11. The van der Waals surface area contributed by atoms with Crippen LogP contribution in [0.4, 0.5) is 5.69 Å². The van der Waals surface area contributed by atoms with Crippen molar-refractivity contribution in [3.8, 4) is 5.69 Å². The maximum absolute atomic E-state index is 12.8. The number of likely N-dealkylation sites (tertiary alicyclic amines) is 1. The Morgan fingerprint density at radius 1 is 0.938 bits per heavy atom. The summed E-state index contributed by atoms with van der Waals surface area (Å²) in [6.45, 7) is 8.69. The normalized spacial score (nSPS) is 14.4. The molecule has 1 fully saturated rings. The Morgan fingerprint density at radius 3 is 2.22 bits per heavy atom. The molecular weight excluding hydrogens is 404 g/mol. The smallest absolute Gasteiger partial charge is 0.272 e. The van der Waals surface area contributed by atoms with Gasteiger partial charge in [-0.25, -0.2) is 14.6 Å². The number of carbonyl (C=O) groups is 2. The zero-order valence-corrected chi connectivity index (χ0v) is 18.9. The number of piperidine rings is 1. The van der Waals surface area contributed by atoms with E-state index in [-0.39, 0.29) is 17.7 Å². The largest absolute Gasteiger partial charge is 0.337 e. The van der Waals surface area contributed by atoms with Gasteiger partial charge in [0, 0.05) is 36.1 Å². The fourth-order valence-electron chi connectivity index (χ4n) is 4.15. The molecule has 4 rings (SSSR count). The van der Waals surface area contributed by atoms with E-state index in [0.717, 1.165) is 28.5 Å².